The molecule has 1 atom stereocenters. The maximum atomic E-state index is 14.0. The lowest BCUT2D eigenvalue weighted by Gasteiger charge is -2.45. The molecule has 0 spiro atoms. The second-order valence-electron chi connectivity index (χ2n) is 7.36. The highest BCUT2D eigenvalue weighted by Gasteiger charge is 2.99. The molecule has 0 aliphatic heterocycles. The fraction of sp³-hybridized carbons (Fsp3) is 0.800. The summed E-state index contributed by atoms with van der Waals surface area (Å²) in [7, 11) is 0. The van der Waals surface area contributed by atoms with Crippen molar-refractivity contribution in [2.24, 2.45) is 0 Å². The molecule has 0 fully saturated rings. The lowest BCUT2D eigenvalue weighted by atomic mass is 9.86. The number of carbonyl (C=O) groups excluding carboxylic acids is 1. The van der Waals surface area contributed by atoms with Crippen molar-refractivity contribution in [1.29, 1.82) is 0 Å². The molecule has 2 nitrogen and oxygen atoms in total. The summed E-state index contributed by atoms with van der Waals surface area (Å²) >= 11 is 0. The van der Waals surface area contributed by atoms with Gasteiger partial charge in [-0.25, -0.2) is 4.79 Å². The van der Waals surface area contributed by atoms with Gasteiger partial charge in [0.2, 0.25) is 0 Å². The van der Waals surface area contributed by atoms with Crippen LogP contribution in [0, 0.1) is 0 Å². The Bertz CT molecular complexity index is 985. The molecular formula is C15H5F23O2. The number of hydrogen-bond donors (Lipinski definition) is 0. The fourth-order valence-corrected chi connectivity index (χ4v) is 2.08. The highest BCUT2D eigenvalue weighted by Crippen LogP contribution is 2.67. The van der Waals surface area contributed by atoms with Gasteiger partial charge in [0.05, 0.1) is 0 Å². The molecule has 0 aliphatic carbocycles. The zero-order valence-electron chi connectivity index (χ0n) is 17.7. The molecule has 0 amide bonds. The van der Waals surface area contributed by atoms with E-state index in [-0.39, 0.29) is 6.92 Å². The third kappa shape index (κ3) is 4.57. The summed E-state index contributed by atoms with van der Waals surface area (Å²) < 4.78 is 306. The van der Waals surface area contributed by atoms with Gasteiger partial charge in [-0.1, -0.05) is 6.58 Å². The molecule has 0 aromatic rings. The summed E-state index contributed by atoms with van der Waals surface area (Å²) in [4.78, 5) is 11.0. The molecule has 40 heavy (non-hydrogen) atoms. The van der Waals surface area contributed by atoms with Crippen LogP contribution in [-0.2, 0) is 9.53 Å². The van der Waals surface area contributed by atoms with Crippen LogP contribution in [0.3, 0.4) is 0 Å². The Labute approximate surface area is 202 Å². The standard InChI is InChI=1S/C15H5F23O2/c1-3(2)4(39)40-13(32,15(36,37)38)11(28,29)9(24,25)7(20,21)5(16,17)6(18,19)8(22,23)10(26,27)12(30,31)14(33,34)35/h1H2,2H3. The van der Waals surface area contributed by atoms with E-state index in [4.69, 9.17) is 0 Å². The number of esters is 1. The van der Waals surface area contributed by atoms with Crippen molar-refractivity contribution in [3.05, 3.63) is 12.2 Å². The Hall–Kier alpha value is -2.40. The summed E-state index contributed by atoms with van der Waals surface area (Å²) in [6.07, 6.45) is -16.1. The van der Waals surface area contributed by atoms with Gasteiger partial charge in [0.1, 0.15) is 0 Å². The number of hydrogen-bond acceptors (Lipinski definition) is 2. The van der Waals surface area contributed by atoms with E-state index in [1.807, 2.05) is 0 Å². The minimum atomic E-state index is -9.48. The van der Waals surface area contributed by atoms with Crippen molar-refractivity contribution in [2.75, 3.05) is 0 Å². The number of ether oxygens (including phenoxy) is 1. The first kappa shape index (κ1) is 37.6. The third-order valence-corrected chi connectivity index (χ3v) is 4.47. The number of alkyl halides is 23. The van der Waals surface area contributed by atoms with E-state index in [1.54, 1.807) is 0 Å². The predicted octanol–water partition coefficient (Wildman–Crippen LogP) is 7.98. The van der Waals surface area contributed by atoms with Crippen LogP contribution < -0.4 is 0 Å². The van der Waals surface area contributed by atoms with Gasteiger partial charge in [-0.15, -0.1) is 0 Å². The largest absolute Gasteiger partial charge is 0.467 e. The van der Waals surface area contributed by atoms with Crippen LogP contribution in [0.1, 0.15) is 6.92 Å². The number of rotatable bonds is 10. The second kappa shape index (κ2) is 9.31. The van der Waals surface area contributed by atoms with E-state index in [0.29, 0.717) is 0 Å². The van der Waals surface area contributed by atoms with Gasteiger partial charge in [0.25, 0.3) is 0 Å². The zero-order chi connectivity index (χ0) is 33.4. The minimum absolute atomic E-state index is 0.109. The van der Waals surface area contributed by atoms with Crippen molar-refractivity contribution in [1.82, 2.24) is 0 Å². The van der Waals surface area contributed by atoms with Crippen LogP contribution in [0.2, 0.25) is 0 Å². The first-order valence-electron chi connectivity index (χ1n) is 8.56. The van der Waals surface area contributed by atoms with E-state index in [1.165, 1.54) is 0 Å². The third-order valence-electron chi connectivity index (χ3n) is 4.47. The van der Waals surface area contributed by atoms with Crippen LogP contribution in [0.4, 0.5) is 101 Å². The van der Waals surface area contributed by atoms with Crippen LogP contribution in [0.25, 0.3) is 0 Å². The minimum Gasteiger partial charge on any atom is -0.411 e. The molecular weight excluding hydrogens is 649 g/mol. The van der Waals surface area contributed by atoms with Crippen LogP contribution >= 0.6 is 0 Å². The molecule has 1 unspecified atom stereocenters. The van der Waals surface area contributed by atoms with Gasteiger partial charge in [-0.05, 0) is 6.92 Å². The topological polar surface area (TPSA) is 26.3 Å². The molecule has 238 valence electrons. The van der Waals surface area contributed by atoms with Crippen LogP contribution in [0.5, 0.6) is 0 Å². The molecule has 0 saturated heterocycles. The maximum Gasteiger partial charge on any atom is 0.467 e. The second-order valence-corrected chi connectivity index (χ2v) is 7.36. The predicted molar refractivity (Wildman–Crippen MR) is 76.4 cm³/mol. The first-order chi connectivity index (χ1) is 16.8. The number of carbonyl (C=O) groups is 1. The molecule has 0 aromatic carbocycles. The smallest absolute Gasteiger partial charge is 0.411 e. The Morgan fingerprint density at radius 3 is 0.850 bits per heavy atom. The highest BCUT2D eigenvalue weighted by molar-refractivity contribution is 5.87. The fourth-order valence-electron chi connectivity index (χ4n) is 2.08. The molecule has 0 rings (SSSR count). The van der Waals surface area contributed by atoms with E-state index >= 15 is 0 Å². The molecule has 25 heteroatoms. The van der Waals surface area contributed by atoms with E-state index in [0.717, 1.165) is 0 Å². The molecule has 0 saturated carbocycles. The van der Waals surface area contributed by atoms with Crippen molar-refractivity contribution >= 4 is 5.97 Å². The summed E-state index contributed by atoms with van der Waals surface area (Å²) in [5.41, 5.74) is -1.68. The van der Waals surface area contributed by atoms with Gasteiger partial charge >= 0.3 is 71.6 Å². The number of halogens is 23. The average Bonchev–Trinajstić information content (AvgIpc) is 2.70. The summed E-state index contributed by atoms with van der Waals surface area (Å²) in [5, 5.41) is 0. The van der Waals surface area contributed by atoms with Crippen molar-refractivity contribution in [2.45, 2.75) is 72.5 Å². The van der Waals surface area contributed by atoms with Gasteiger partial charge in [0, 0.05) is 5.57 Å². The quantitative estimate of drug-likeness (QED) is 0.136. The molecule has 0 aromatic heterocycles. The summed E-state index contributed by atoms with van der Waals surface area (Å²) in [6.45, 7) is 2.38. The van der Waals surface area contributed by atoms with Gasteiger partial charge in [-0.3, -0.25) is 0 Å². The van der Waals surface area contributed by atoms with E-state index in [9.17, 15) is 106 Å². The van der Waals surface area contributed by atoms with Gasteiger partial charge in [0.15, 0.2) is 0 Å². The van der Waals surface area contributed by atoms with E-state index in [2.05, 4.69) is 11.3 Å². The van der Waals surface area contributed by atoms with Crippen molar-refractivity contribution < 1.29 is 111 Å². The molecule has 0 heterocycles. The van der Waals surface area contributed by atoms with Crippen molar-refractivity contribution in [3.8, 4) is 0 Å². The Morgan fingerprint density at radius 2 is 0.650 bits per heavy atom. The molecule has 0 N–H and O–H groups in total. The van der Waals surface area contributed by atoms with Gasteiger partial charge < -0.3 is 4.74 Å². The molecule has 0 aliphatic rings. The Balaban J connectivity index is 7.41. The highest BCUT2D eigenvalue weighted by atomic mass is 19.4. The van der Waals surface area contributed by atoms with Gasteiger partial charge in [-0.2, -0.15) is 101 Å². The monoisotopic (exact) mass is 654 g/mol. The van der Waals surface area contributed by atoms with E-state index < -0.39 is 77.1 Å². The Morgan fingerprint density at radius 1 is 0.425 bits per heavy atom. The molecule has 0 radical (unpaired) electrons. The van der Waals surface area contributed by atoms with Crippen LogP contribution in [-0.4, -0.2) is 71.6 Å². The van der Waals surface area contributed by atoms with Crippen LogP contribution in [0.15, 0.2) is 12.2 Å². The summed E-state index contributed by atoms with van der Waals surface area (Å²) in [6, 6.07) is 0. The lowest BCUT2D eigenvalue weighted by Crippen LogP contribution is -2.78. The SMILES string of the molecule is C=C(C)C(=O)OC(F)(C(F)(F)F)C(F)(F)C(F)(F)C(F)(F)C(F)(F)C(F)(F)C(F)(F)C(F)(F)C(F)(F)C(F)(F)F. The lowest BCUT2D eigenvalue weighted by molar-refractivity contribution is -0.487. The molecule has 0 bridgehead atoms. The maximum absolute atomic E-state index is 14.0. The normalized spacial score (nSPS) is 17.4. The summed E-state index contributed by atoms with van der Waals surface area (Å²) in [5.74, 6) is -84.5. The Kier molecular flexibility index (Phi) is 8.75. The zero-order valence-corrected chi connectivity index (χ0v) is 17.7. The van der Waals surface area contributed by atoms with Crippen molar-refractivity contribution in [3.63, 3.8) is 0 Å². The average molecular weight is 654 g/mol. The first-order valence-corrected chi connectivity index (χ1v) is 8.56.